The van der Waals surface area contributed by atoms with Crippen LogP contribution in [0, 0.1) is 17.0 Å². The Morgan fingerprint density at radius 2 is 1.90 bits per heavy atom. The zero-order valence-electron chi connectivity index (χ0n) is 11.5. The van der Waals surface area contributed by atoms with Gasteiger partial charge in [-0.2, -0.15) is 0 Å². The molecule has 0 saturated carbocycles. The summed E-state index contributed by atoms with van der Waals surface area (Å²) in [5, 5.41) is 14.8. The number of hydrogen-bond acceptors (Lipinski definition) is 4. The van der Waals surface area contributed by atoms with Crippen molar-refractivity contribution in [3.63, 3.8) is 0 Å². The lowest BCUT2D eigenvalue weighted by Gasteiger charge is -2.03. The Balaban J connectivity index is 2.20. The van der Waals surface area contributed by atoms with E-state index in [1.54, 1.807) is 6.07 Å². The fourth-order valence-corrected chi connectivity index (χ4v) is 2.13. The van der Waals surface area contributed by atoms with Crippen molar-refractivity contribution in [2.24, 2.45) is 5.16 Å². The maximum atomic E-state index is 10.8. The van der Waals surface area contributed by atoms with Crippen LogP contribution in [0.25, 0.3) is 0 Å². The van der Waals surface area contributed by atoms with Gasteiger partial charge in [-0.25, -0.2) is 0 Å². The molecule has 2 rings (SSSR count). The Hall–Kier alpha value is -2.21. The van der Waals surface area contributed by atoms with Crippen LogP contribution in [0.15, 0.2) is 52.1 Å². The molecule has 0 aliphatic carbocycles. The molecule has 5 nitrogen and oxygen atoms in total. The summed E-state index contributed by atoms with van der Waals surface area (Å²) in [5.41, 5.74) is 2.74. The van der Waals surface area contributed by atoms with E-state index in [1.807, 2.05) is 38.1 Å². The first kappa shape index (κ1) is 15.2. The average Bonchev–Trinajstić information content (AvgIpc) is 2.45. The normalized spacial score (nSPS) is 11.3. The molecule has 6 heteroatoms. The Morgan fingerprint density at radius 3 is 2.52 bits per heavy atom. The number of aryl methyl sites for hydroxylation is 1. The summed E-state index contributed by atoms with van der Waals surface area (Å²) in [6.45, 7) is 3.82. The van der Waals surface area contributed by atoms with Gasteiger partial charge in [0.25, 0.3) is 5.69 Å². The summed E-state index contributed by atoms with van der Waals surface area (Å²) in [7, 11) is 0. The molecule has 21 heavy (non-hydrogen) atoms. The number of nitro groups is 1. The van der Waals surface area contributed by atoms with Crippen LogP contribution in [-0.2, 0) is 0 Å². The monoisotopic (exact) mass is 348 g/mol. The molecule has 0 atom stereocenters. The second-order valence-corrected chi connectivity index (χ2v) is 5.45. The molecule has 0 unspecified atom stereocenters. The summed E-state index contributed by atoms with van der Waals surface area (Å²) in [5.74, 6) is 0.308. The van der Waals surface area contributed by atoms with E-state index in [2.05, 4.69) is 21.1 Å². The van der Waals surface area contributed by atoms with E-state index >= 15 is 0 Å². The number of nitrogens with zero attached hydrogens (tertiary/aromatic N) is 2. The number of non-ortho nitro benzene ring substituents is 1. The van der Waals surface area contributed by atoms with Gasteiger partial charge in [-0.15, -0.1) is 0 Å². The number of oxime groups is 1. The van der Waals surface area contributed by atoms with Gasteiger partial charge in [0, 0.05) is 10.5 Å². The van der Waals surface area contributed by atoms with Crippen molar-refractivity contribution in [2.45, 2.75) is 13.8 Å². The minimum absolute atomic E-state index is 0.0532. The third kappa shape index (κ3) is 4.13. The molecule has 0 N–H and O–H groups in total. The predicted octanol–water partition coefficient (Wildman–Crippen LogP) is 4.47. The highest BCUT2D eigenvalue weighted by atomic mass is 79.9. The maximum absolute atomic E-state index is 10.8. The van der Waals surface area contributed by atoms with Gasteiger partial charge in [-0.3, -0.25) is 10.1 Å². The lowest BCUT2D eigenvalue weighted by molar-refractivity contribution is -0.385. The molecule has 108 valence electrons. The van der Waals surface area contributed by atoms with Crippen molar-refractivity contribution < 1.29 is 9.76 Å². The predicted molar refractivity (Wildman–Crippen MR) is 84.8 cm³/mol. The zero-order chi connectivity index (χ0) is 15.4. The molecule has 0 aliphatic rings. The highest BCUT2D eigenvalue weighted by Crippen LogP contribution is 2.26. The first-order valence-corrected chi connectivity index (χ1v) is 6.98. The van der Waals surface area contributed by atoms with E-state index in [-0.39, 0.29) is 5.69 Å². The topological polar surface area (TPSA) is 64.7 Å². The quantitative estimate of drug-likeness (QED) is 0.465. The second-order valence-electron chi connectivity index (χ2n) is 4.54. The highest BCUT2D eigenvalue weighted by molar-refractivity contribution is 9.10. The lowest BCUT2D eigenvalue weighted by Crippen LogP contribution is -1.98. The highest BCUT2D eigenvalue weighted by Gasteiger charge is 2.10. The molecule has 0 heterocycles. The minimum atomic E-state index is -0.478. The van der Waals surface area contributed by atoms with Gasteiger partial charge in [0.15, 0.2) is 5.75 Å². The van der Waals surface area contributed by atoms with E-state index in [0.29, 0.717) is 15.9 Å². The molecule has 0 aliphatic heterocycles. The molecule has 2 aromatic carbocycles. The molecule has 0 aromatic heterocycles. The molecule has 0 radical (unpaired) electrons. The van der Waals surface area contributed by atoms with Crippen LogP contribution in [0.4, 0.5) is 5.69 Å². The maximum Gasteiger partial charge on any atom is 0.274 e. The number of rotatable bonds is 4. The molecule has 0 spiro atoms. The summed E-state index contributed by atoms with van der Waals surface area (Å²) in [6.07, 6.45) is 0. The Bertz CT molecular complexity index is 697. The number of nitro benzene ring substituents is 1. The Morgan fingerprint density at radius 1 is 1.24 bits per heavy atom. The van der Waals surface area contributed by atoms with E-state index in [4.69, 9.17) is 4.84 Å². The Labute approximate surface area is 130 Å². The van der Waals surface area contributed by atoms with Gasteiger partial charge < -0.3 is 4.84 Å². The second kappa shape index (κ2) is 6.49. The van der Waals surface area contributed by atoms with Crippen LogP contribution in [0.2, 0.25) is 0 Å². The molecule has 0 amide bonds. The van der Waals surface area contributed by atoms with E-state index in [0.717, 1.165) is 11.1 Å². The molecular weight excluding hydrogens is 336 g/mol. The van der Waals surface area contributed by atoms with E-state index in [9.17, 15) is 10.1 Å². The van der Waals surface area contributed by atoms with Crippen LogP contribution in [0.5, 0.6) is 5.75 Å². The van der Waals surface area contributed by atoms with Crippen molar-refractivity contribution in [3.05, 3.63) is 68.2 Å². The van der Waals surface area contributed by atoms with Gasteiger partial charge in [-0.05, 0) is 25.5 Å². The average molecular weight is 349 g/mol. The number of halogens is 1. The molecular formula is C15H13BrN2O3. The summed E-state index contributed by atoms with van der Waals surface area (Å²) >= 11 is 3.21. The first-order valence-electron chi connectivity index (χ1n) is 6.19. The van der Waals surface area contributed by atoms with Crippen LogP contribution in [0.1, 0.15) is 18.1 Å². The van der Waals surface area contributed by atoms with Crippen molar-refractivity contribution in [2.75, 3.05) is 0 Å². The smallest absolute Gasteiger partial charge is 0.274 e. The van der Waals surface area contributed by atoms with E-state index in [1.165, 1.54) is 12.1 Å². The van der Waals surface area contributed by atoms with Crippen molar-refractivity contribution in [1.29, 1.82) is 0 Å². The summed E-state index contributed by atoms with van der Waals surface area (Å²) in [6, 6.07) is 12.2. The Kier molecular flexibility index (Phi) is 4.70. The fraction of sp³-hybridized carbons (Fsp3) is 0.133. The molecule has 2 aromatic rings. The van der Waals surface area contributed by atoms with Crippen molar-refractivity contribution in [1.82, 2.24) is 0 Å². The largest absolute Gasteiger partial charge is 0.356 e. The third-order valence-corrected chi connectivity index (χ3v) is 3.28. The third-order valence-electron chi connectivity index (χ3n) is 2.82. The minimum Gasteiger partial charge on any atom is -0.356 e. The summed E-state index contributed by atoms with van der Waals surface area (Å²) in [4.78, 5) is 15.6. The number of benzene rings is 2. The lowest BCUT2D eigenvalue weighted by atomic mass is 10.1. The first-order chi connectivity index (χ1) is 9.95. The van der Waals surface area contributed by atoms with Crippen LogP contribution < -0.4 is 4.84 Å². The van der Waals surface area contributed by atoms with Gasteiger partial charge in [-0.1, -0.05) is 50.9 Å². The standard InChI is InChI=1S/C15H13BrN2O3/c1-10-3-5-12(6-4-10)11(2)17-21-15-8-13(16)7-14(9-15)18(19)20/h3-9H,1-2H3. The van der Waals surface area contributed by atoms with Gasteiger partial charge in [0.1, 0.15) is 0 Å². The number of hydrogen-bond donors (Lipinski definition) is 0. The molecule has 0 saturated heterocycles. The van der Waals surface area contributed by atoms with Crippen molar-refractivity contribution >= 4 is 27.3 Å². The van der Waals surface area contributed by atoms with Crippen LogP contribution in [-0.4, -0.2) is 10.6 Å². The van der Waals surface area contributed by atoms with Crippen LogP contribution >= 0.6 is 15.9 Å². The van der Waals surface area contributed by atoms with Crippen LogP contribution in [0.3, 0.4) is 0 Å². The van der Waals surface area contributed by atoms with Gasteiger partial charge in [0.2, 0.25) is 0 Å². The van der Waals surface area contributed by atoms with E-state index < -0.39 is 4.92 Å². The van der Waals surface area contributed by atoms with Crippen molar-refractivity contribution in [3.8, 4) is 5.75 Å². The SMILES string of the molecule is CC(=NOc1cc(Br)cc([N+](=O)[O-])c1)c1ccc(C)cc1. The molecule has 0 bridgehead atoms. The molecule has 0 fully saturated rings. The zero-order valence-corrected chi connectivity index (χ0v) is 13.1. The summed E-state index contributed by atoms with van der Waals surface area (Å²) < 4.78 is 0.565. The van der Waals surface area contributed by atoms with Gasteiger partial charge >= 0.3 is 0 Å². The van der Waals surface area contributed by atoms with Gasteiger partial charge in [0.05, 0.1) is 16.7 Å². The fourth-order valence-electron chi connectivity index (χ4n) is 1.67.